The fraction of sp³-hybridized carbons (Fsp3) is 0.353. The van der Waals surface area contributed by atoms with Gasteiger partial charge < -0.3 is 0 Å². The molecule has 118 valence electrons. The molecular weight excluding hydrogens is 296 g/mol. The third-order valence-electron chi connectivity index (χ3n) is 3.60. The topological polar surface area (TPSA) is 59.1 Å². The monoisotopic (exact) mass is 318 g/mol. The normalized spacial score (nSPS) is 11.4. The van der Waals surface area contributed by atoms with Gasteiger partial charge in [-0.15, -0.1) is 0 Å². The van der Waals surface area contributed by atoms with Crippen molar-refractivity contribution in [3.05, 3.63) is 47.8 Å². The van der Waals surface area contributed by atoms with E-state index in [1.165, 1.54) is 0 Å². The second kappa shape index (κ2) is 6.92. The van der Waals surface area contributed by atoms with E-state index < -0.39 is 10.0 Å². The van der Waals surface area contributed by atoms with Gasteiger partial charge in [0.1, 0.15) is 0 Å². The molecule has 2 aromatic rings. The Morgan fingerprint density at radius 3 is 2.50 bits per heavy atom. The summed E-state index contributed by atoms with van der Waals surface area (Å²) < 4.78 is 26.6. The smallest absolute Gasteiger partial charge is 0.232 e. The SMILES string of the molecule is CCCCS(=O)(=O)Nc1ccc(-c2cnccc2C)c(C)c1. The number of benzene rings is 1. The van der Waals surface area contributed by atoms with Crippen molar-refractivity contribution in [3.8, 4) is 11.1 Å². The summed E-state index contributed by atoms with van der Waals surface area (Å²) in [5.74, 6) is 0.159. The highest BCUT2D eigenvalue weighted by Crippen LogP contribution is 2.28. The van der Waals surface area contributed by atoms with Gasteiger partial charge in [0.15, 0.2) is 0 Å². The quantitative estimate of drug-likeness (QED) is 0.878. The summed E-state index contributed by atoms with van der Waals surface area (Å²) in [6.07, 6.45) is 5.13. The first kappa shape index (κ1) is 16.5. The van der Waals surface area contributed by atoms with Gasteiger partial charge in [-0.1, -0.05) is 19.4 Å². The Balaban J connectivity index is 2.26. The number of hydrogen-bond donors (Lipinski definition) is 1. The van der Waals surface area contributed by atoms with Crippen LogP contribution in [0.15, 0.2) is 36.7 Å². The van der Waals surface area contributed by atoms with E-state index in [1.54, 1.807) is 12.3 Å². The van der Waals surface area contributed by atoms with Crippen LogP contribution in [0.3, 0.4) is 0 Å². The molecule has 0 atom stereocenters. The molecule has 22 heavy (non-hydrogen) atoms. The van der Waals surface area contributed by atoms with Crippen LogP contribution in [0, 0.1) is 13.8 Å². The molecule has 1 aromatic heterocycles. The zero-order chi connectivity index (χ0) is 16.2. The summed E-state index contributed by atoms with van der Waals surface area (Å²) in [4.78, 5) is 4.17. The predicted octanol–water partition coefficient (Wildman–Crippen LogP) is 3.91. The second-order valence-corrected chi connectivity index (χ2v) is 7.34. The van der Waals surface area contributed by atoms with Crippen LogP contribution in [0.1, 0.15) is 30.9 Å². The number of aromatic nitrogens is 1. The summed E-state index contributed by atoms with van der Waals surface area (Å²) >= 11 is 0. The minimum absolute atomic E-state index is 0.159. The van der Waals surface area contributed by atoms with Crippen LogP contribution < -0.4 is 4.72 Å². The number of sulfonamides is 1. The summed E-state index contributed by atoms with van der Waals surface area (Å²) in [6, 6.07) is 7.58. The van der Waals surface area contributed by atoms with Crippen LogP contribution in [-0.4, -0.2) is 19.2 Å². The van der Waals surface area contributed by atoms with Crippen molar-refractivity contribution in [1.29, 1.82) is 0 Å². The molecule has 0 aliphatic carbocycles. The molecule has 0 amide bonds. The van der Waals surface area contributed by atoms with Gasteiger partial charge in [0.2, 0.25) is 10.0 Å². The summed E-state index contributed by atoms with van der Waals surface area (Å²) in [5, 5.41) is 0. The molecule has 5 heteroatoms. The first-order chi connectivity index (χ1) is 10.4. The molecular formula is C17H22N2O2S. The van der Waals surface area contributed by atoms with Gasteiger partial charge in [-0.3, -0.25) is 9.71 Å². The molecule has 0 saturated carbocycles. The van der Waals surface area contributed by atoms with Crippen LogP contribution >= 0.6 is 0 Å². The minimum atomic E-state index is -3.26. The van der Waals surface area contributed by atoms with E-state index in [0.717, 1.165) is 28.7 Å². The Kier molecular flexibility index (Phi) is 5.19. The highest BCUT2D eigenvalue weighted by atomic mass is 32.2. The number of nitrogens with one attached hydrogen (secondary N) is 1. The van der Waals surface area contributed by atoms with Crippen LogP contribution in [0.25, 0.3) is 11.1 Å². The maximum Gasteiger partial charge on any atom is 0.232 e. The zero-order valence-corrected chi connectivity index (χ0v) is 14.1. The first-order valence-corrected chi connectivity index (χ1v) is 9.10. The molecule has 0 aliphatic rings. The maximum atomic E-state index is 12.0. The number of rotatable bonds is 6. The van der Waals surface area contributed by atoms with Gasteiger partial charge in [0.25, 0.3) is 0 Å². The van der Waals surface area contributed by atoms with E-state index in [1.807, 2.05) is 45.2 Å². The number of unbranched alkanes of at least 4 members (excludes halogenated alkanes) is 1. The average molecular weight is 318 g/mol. The van der Waals surface area contributed by atoms with Crippen molar-refractivity contribution in [2.24, 2.45) is 0 Å². The van der Waals surface area contributed by atoms with Gasteiger partial charge in [0, 0.05) is 23.6 Å². The van der Waals surface area contributed by atoms with Crippen LogP contribution in [-0.2, 0) is 10.0 Å². The second-order valence-electron chi connectivity index (χ2n) is 5.49. The van der Waals surface area contributed by atoms with Crippen molar-refractivity contribution < 1.29 is 8.42 Å². The molecule has 1 N–H and O–H groups in total. The molecule has 0 saturated heterocycles. The molecule has 1 heterocycles. The van der Waals surface area contributed by atoms with E-state index in [4.69, 9.17) is 0 Å². The fourth-order valence-corrected chi connectivity index (χ4v) is 3.60. The standard InChI is InChI=1S/C17H22N2O2S/c1-4-5-10-22(20,21)19-15-6-7-16(14(3)11-15)17-12-18-9-8-13(17)2/h6-9,11-12,19H,4-5,10H2,1-3H3. The van der Waals surface area contributed by atoms with Crippen LogP contribution in [0.4, 0.5) is 5.69 Å². The Morgan fingerprint density at radius 2 is 1.86 bits per heavy atom. The molecule has 0 aliphatic heterocycles. The van der Waals surface area contributed by atoms with Crippen LogP contribution in [0.5, 0.6) is 0 Å². The Bertz CT molecular complexity index is 755. The number of nitrogens with zero attached hydrogens (tertiary/aromatic N) is 1. The van der Waals surface area contributed by atoms with E-state index in [2.05, 4.69) is 9.71 Å². The summed E-state index contributed by atoms with van der Waals surface area (Å²) in [5.41, 5.74) is 4.92. The van der Waals surface area contributed by atoms with Crippen molar-refractivity contribution in [1.82, 2.24) is 4.98 Å². The number of anilines is 1. The molecule has 0 unspecified atom stereocenters. The Labute approximate surface area is 132 Å². The lowest BCUT2D eigenvalue weighted by Gasteiger charge is -2.12. The van der Waals surface area contributed by atoms with Crippen molar-refractivity contribution in [2.75, 3.05) is 10.5 Å². The molecule has 2 rings (SSSR count). The lowest BCUT2D eigenvalue weighted by atomic mass is 9.98. The maximum absolute atomic E-state index is 12.0. The van der Waals surface area contributed by atoms with E-state index in [-0.39, 0.29) is 5.75 Å². The third-order valence-corrected chi connectivity index (χ3v) is 4.97. The molecule has 0 spiro atoms. The van der Waals surface area contributed by atoms with Gasteiger partial charge >= 0.3 is 0 Å². The van der Waals surface area contributed by atoms with Crippen LogP contribution in [0.2, 0.25) is 0 Å². The number of hydrogen-bond acceptors (Lipinski definition) is 3. The molecule has 0 bridgehead atoms. The highest BCUT2D eigenvalue weighted by molar-refractivity contribution is 7.92. The van der Waals surface area contributed by atoms with Gasteiger partial charge in [-0.25, -0.2) is 8.42 Å². The molecule has 0 fully saturated rings. The number of pyridine rings is 1. The molecule has 1 aromatic carbocycles. The Hall–Kier alpha value is -1.88. The van der Waals surface area contributed by atoms with Gasteiger partial charge in [-0.05, 0) is 55.2 Å². The molecule has 4 nitrogen and oxygen atoms in total. The van der Waals surface area contributed by atoms with E-state index >= 15 is 0 Å². The Morgan fingerprint density at radius 1 is 1.09 bits per heavy atom. The minimum Gasteiger partial charge on any atom is -0.284 e. The van der Waals surface area contributed by atoms with Crippen molar-refractivity contribution in [3.63, 3.8) is 0 Å². The number of aryl methyl sites for hydroxylation is 2. The molecule has 0 radical (unpaired) electrons. The van der Waals surface area contributed by atoms with E-state index in [0.29, 0.717) is 12.1 Å². The van der Waals surface area contributed by atoms with Gasteiger partial charge in [0.05, 0.1) is 5.75 Å². The van der Waals surface area contributed by atoms with Gasteiger partial charge in [-0.2, -0.15) is 0 Å². The average Bonchev–Trinajstić information content (AvgIpc) is 2.46. The van der Waals surface area contributed by atoms with Crippen molar-refractivity contribution >= 4 is 15.7 Å². The predicted molar refractivity (Wildman–Crippen MR) is 91.5 cm³/mol. The highest BCUT2D eigenvalue weighted by Gasteiger charge is 2.11. The first-order valence-electron chi connectivity index (χ1n) is 7.45. The lowest BCUT2D eigenvalue weighted by molar-refractivity contribution is 0.598. The zero-order valence-electron chi connectivity index (χ0n) is 13.3. The van der Waals surface area contributed by atoms with E-state index in [9.17, 15) is 8.42 Å². The largest absolute Gasteiger partial charge is 0.284 e. The summed E-state index contributed by atoms with van der Waals surface area (Å²) in [6.45, 7) is 5.99. The van der Waals surface area contributed by atoms with Crippen molar-refractivity contribution in [2.45, 2.75) is 33.6 Å². The fourth-order valence-electron chi connectivity index (χ4n) is 2.34. The lowest BCUT2D eigenvalue weighted by Crippen LogP contribution is -2.16. The third kappa shape index (κ3) is 4.07. The summed E-state index contributed by atoms with van der Waals surface area (Å²) in [7, 11) is -3.26.